The van der Waals surface area contributed by atoms with Crippen LogP contribution in [0.3, 0.4) is 0 Å². The molecule has 7 nitrogen and oxygen atoms in total. The van der Waals surface area contributed by atoms with Gasteiger partial charge in [0.05, 0.1) is 13.2 Å². The van der Waals surface area contributed by atoms with Gasteiger partial charge in [0.15, 0.2) is 0 Å². The lowest BCUT2D eigenvalue weighted by atomic mass is 10.2. The molecule has 0 aromatic heterocycles. The van der Waals surface area contributed by atoms with E-state index in [1.807, 2.05) is 30.3 Å². The maximum absolute atomic E-state index is 11.7. The Labute approximate surface area is 151 Å². The van der Waals surface area contributed by atoms with Crippen molar-refractivity contribution >= 4 is 12.0 Å². The lowest BCUT2D eigenvalue weighted by Gasteiger charge is -2.07. The highest BCUT2D eigenvalue weighted by molar-refractivity contribution is 5.95. The van der Waals surface area contributed by atoms with Crippen LogP contribution in [0.25, 0.3) is 0 Å². The molecule has 0 fully saturated rings. The van der Waals surface area contributed by atoms with Gasteiger partial charge in [0.2, 0.25) is 0 Å². The van der Waals surface area contributed by atoms with E-state index in [1.165, 1.54) is 24.3 Å². The molecular formula is C19H20N2O5. The molecule has 2 aromatic rings. The Morgan fingerprint density at radius 3 is 2.50 bits per heavy atom. The number of hydrazine groups is 1. The number of benzene rings is 2. The van der Waals surface area contributed by atoms with Crippen LogP contribution in [0.1, 0.15) is 15.9 Å². The Bertz CT molecular complexity index is 747. The van der Waals surface area contributed by atoms with Crippen molar-refractivity contribution in [3.05, 3.63) is 77.9 Å². The van der Waals surface area contributed by atoms with Crippen molar-refractivity contribution in [3.8, 4) is 5.75 Å². The van der Waals surface area contributed by atoms with Crippen LogP contribution in [-0.2, 0) is 16.1 Å². The highest BCUT2D eigenvalue weighted by Crippen LogP contribution is 2.10. The van der Waals surface area contributed by atoms with E-state index in [9.17, 15) is 14.7 Å². The van der Waals surface area contributed by atoms with Crippen molar-refractivity contribution < 1.29 is 24.2 Å². The summed E-state index contributed by atoms with van der Waals surface area (Å²) in [6, 6.07) is 15.5. The van der Waals surface area contributed by atoms with Gasteiger partial charge in [-0.05, 0) is 29.8 Å². The summed E-state index contributed by atoms with van der Waals surface area (Å²) < 4.78 is 10.3. The second-order valence-corrected chi connectivity index (χ2v) is 5.20. The zero-order chi connectivity index (χ0) is 18.6. The Morgan fingerprint density at radius 2 is 1.73 bits per heavy atom. The molecule has 0 heterocycles. The molecule has 0 saturated carbocycles. The minimum atomic E-state index is -0.798. The second-order valence-electron chi connectivity index (χ2n) is 5.20. The number of carbonyl (C=O) groups excluding carboxylic acids is 2. The molecule has 0 bridgehead atoms. The summed E-state index contributed by atoms with van der Waals surface area (Å²) in [6.07, 6.45) is 2.58. The molecular weight excluding hydrogens is 336 g/mol. The van der Waals surface area contributed by atoms with E-state index in [4.69, 9.17) is 9.47 Å². The number of phenols is 1. The number of aromatic hydroxyl groups is 1. The summed E-state index contributed by atoms with van der Waals surface area (Å²) in [7, 11) is 0. The first-order chi connectivity index (χ1) is 12.6. The highest BCUT2D eigenvalue weighted by Gasteiger charge is 2.07. The Hall–Kier alpha value is -3.32. The van der Waals surface area contributed by atoms with Gasteiger partial charge in [0.1, 0.15) is 12.4 Å². The van der Waals surface area contributed by atoms with Gasteiger partial charge in [-0.2, -0.15) is 0 Å². The van der Waals surface area contributed by atoms with Gasteiger partial charge in [-0.25, -0.2) is 10.2 Å². The predicted molar refractivity (Wildman–Crippen MR) is 95.3 cm³/mol. The molecule has 0 aliphatic heterocycles. The van der Waals surface area contributed by atoms with Crippen LogP contribution in [0.4, 0.5) is 4.79 Å². The summed E-state index contributed by atoms with van der Waals surface area (Å²) in [5.41, 5.74) is 5.59. The third kappa shape index (κ3) is 7.06. The van der Waals surface area contributed by atoms with Crippen molar-refractivity contribution in [1.29, 1.82) is 0 Å². The van der Waals surface area contributed by atoms with Gasteiger partial charge in [0, 0.05) is 5.56 Å². The molecule has 0 saturated heterocycles. The summed E-state index contributed by atoms with van der Waals surface area (Å²) in [4.78, 5) is 23.2. The fourth-order valence-corrected chi connectivity index (χ4v) is 1.94. The van der Waals surface area contributed by atoms with Crippen molar-refractivity contribution in [2.24, 2.45) is 0 Å². The van der Waals surface area contributed by atoms with Crippen LogP contribution in [0.15, 0.2) is 66.7 Å². The van der Waals surface area contributed by atoms with E-state index in [2.05, 4.69) is 10.9 Å². The van der Waals surface area contributed by atoms with E-state index >= 15 is 0 Å². The SMILES string of the molecule is O=C(NNC(=O)c1cccc(O)c1)OCC=CCOCc1ccccc1. The standard InChI is InChI=1S/C19H20N2O5/c22-17-10-6-9-16(13-17)18(23)20-21-19(24)26-12-5-4-11-25-14-15-7-2-1-3-8-15/h1-10,13,22H,11-12,14H2,(H,20,23)(H,21,24). The molecule has 0 aliphatic carbocycles. The maximum Gasteiger partial charge on any atom is 0.426 e. The van der Waals surface area contributed by atoms with Crippen LogP contribution in [0, 0.1) is 0 Å². The Balaban J connectivity index is 1.56. The number of ether oxygens (including phenoxy) is 2. The van der Waals surface area contributed by atoms with E-state index < -0.39 is 12.0 Å². The Kier molecular flexibility index (Phi) is 7.70. The van der Waals surface area contributed by atoms with Crippen LogP contribution in [0.5, 0.6) is 5.75 Å². The fraction of sp³-hybridized carbons (Fsp3) is 0.158. The average molecular weight is 356 g/mol. The van der Waals surface area contributed by atoms with Crippen LogP contribution in [-0.4, -0.2) is 30.3 Å². The molecule has 0 radical (unpaired) electrons. The predicted octanol–water partition coefficient (Wildman–Crippen LogP) is 2.54. The Morgan fingerprint density at radius 1 is 0.962 bits per heavy atom. The molecule has 2 amide bonds. The van der Waals surface area contributed by atoms with E-state index in [1.54, 1.807) is 12.2 Å². The lowest BCUT2D eigenvalue weighted by Crippen LogP contribution is -2.41. The van der Waals surface area contributed by atoms with Crippen molar-refractivity contribution in [2.45, 2.75) is 6.61 Å². The molecule has 7 heteroatoms. The van der Waals surface area contributed by atoms with Crippen molar-refractivity contribution in [2.75, 3.05) is 13.2 Å². The topological polar surface area (TPSA) is 96.9 Å². The summed E-state index contributed by atoms with van der Waals surface area (Å²) in [6.45, 7) is 0.949. The first kappa shape index (κ1) is 19.0. The molecule has 136 valence electrons. The summed E-state index contributed by atoms with van der Waals surface area (Å²) >= 11 is 0. The third-order valence-electron chi connectivity index (χ3n) is 3.19. The average Bonchev–Trinajstić information content (AvgIpc) is 2.66. The molecule has 26 heavy (non-hydrogen) atoms. The minimum absolute atomic E-state index is 0.0418. The zero-order valence-electron chi connectivity index (χ0n) is 14.1. The van der Waals surface area contributed by atoms with Gasteiger partial charge in [-0.1, -0.05) is 42.5 Å². The number of hydrogen-bond acceptors (Lipinski definition) is 5. The van der Waals surface area contributed by atoms with E-state index in [0.29, 0.717) is 13.2 Å². The zero-order valence-corrected chi connectivity index (χ0v) is 14.1. The largest absolute Gasteiger partial charge is 0.508 e. The number of amides is 2. The second kappa shape index (κ2) is 10.5. The number of carbonyl (C=O) groups is 2. The molecule has 0 spiro atoms. The molecule has 2 aromatic carbocycles. The first-order valence-corrected chi connectivity index (χ1v) is 7.94. The number of nitrogens with one attached hydrogen (secondary N) is 2. The van der Waals surface area contributed by atoms with E-state index in [-0.39, 0.29) is 17.9 Å². The highest BCUT2D eigenvalue weighted by atomic mass is 16.6. The number of hydrogen-bond donors (Lipinski definition) is 3. The molecule has 0 aliphatic rings. The van der Waals surface area contributed by atoms with Gasteiger partial charge in [-0.15, -0.1) is 0 Å². The van der Waals surface area contributed by atoms with Gasteiger partial charge >= 0.3 is 6.09 Å². The number of rotatable bonds is 7. The van der Waals surface area contributed by atoms with Gasteiger partial charge < -0.3 is 14.6 Å². The maximum atomic E-state index is 11.7. The molecule has 0 unspecified atom stereocenters. The summed E-state index contributed by atoms with van der Waals surface area (Å²) in [5.74, 6) is -0.609. The monoisotopic (exact) mass is 356 g/mol. The summed E-state index contributed by atoms with van der Waals surface area (Å²) in [5, 5.41) is 9.30. The van der Waals surface area contributed by atoms with Crippen LogP contribution in [0.2, 0.25) is 0 Å². The minimum Gasteiger partial charge on any atom is -0.508 e. The molecule has 3 N–H and O–H groups in total. The van der Waals surface area contributed by atoms with E-state index in [0.717, 1.165) is 5.56 Å². The van der Waals surface area contributed by atoms with Gasteiger partial charge in [-0.3, -0.25) is 10.2 Å². The smallest absolute Gasteiger partial charge is 0.426 e. The number of phenolic OH excluding ortho intramolecular Hbond substituents is 1. The van der Waals surface area contributed by atoms with Gasteiger partial charge in [0.25, 0.3) is 5.91 Å². The fourth-order valence-electron chi connectivity index (χ4n) is 1.94. The molecule has 0 atom stereocenters. The van der Waals surface area contributed by atoms with Crippen LogP contribution < -0.4 is 10.9 Å². The van der Waals surface area contributed by atoms with Crippen molar-refractivity contribution in [1.82, 2.24) is 10.9 Å². The molecule has 2 rings (SSSR count). The van der Waals surface area contributed by atoms with Crippen molar-refractivity contribution in [3.63, 3.8) is 0 Å². The first-order valence-electron chi connectivity index (χ1n) is 7.94. The normalized spacial score (nSPS) is 10.5. The quantitative estimate of drug-likeness (QED) is 0.402. The van der Waals surface area contributed by atoms with Crippen LogP contribution >= 0.6 is 0 Å². The lowest BCUT2D eigenvalue weighted by molar-refractivity contribution is 0.0915. The third-order valence-corrected chi connectivity index (χ3v) is 3.19.